The fourth-order valence-electron chi connectivity index (χ4n) is 3.30. The third-order valence-corrected chi connectivity index (χ3v) is 4.73. The van der Waals surface area contributed by atoms with Crippen molar-refractivity contribution in [3.8, 4) is 5.75 Å². The molecule has 26 heavy (non-hydrogen) atoms. The molecule has 0 spiro atoms. The van der Waals surface area contributed by atoms with Crippen molar-refractivity contribution >= 4 is 32.3 Å². The Bertz CT molecular complexity index is 1070. The van der Waals surface area contributed by atoms with Crippen molar-refractivity contribution < 1.29 is 20.1 Å². The van der Waals surface area contributed by atoms with Gasteiger partial charge in [-0.1, -0.05) is 48.5 Å². The summed E-state index contributed by atoms with van der Waals surface area (Å²) in [5.41, 5.74) is 0. The minimum absolute atomic E-state index is 0.0925. The van der Waals surface area contributed by atoms with E-state index in [-0.39, 0.29) is 6.61 Å². The van der Waals surface area contributed by atoms with Crippen LogP contribution in [0.3, 0.4) is 0 Å². The molecule has 0 aliphatic carbocycles. The first kappa shape index (κ1) is 16.8. The minimum Gasteiger partial charge on any atom is -0.490 e. The van der Waals surface area contributed by atoms with Gasteiger partial charge in [0.2, 0.25) is 0 Å². The minimum atomic E-state index is -1.22. The highest BCUT2D eigenvalue weighted by atomic mass is 16.5. The van der Waals surface area contributed by atoms with E-state index in [2.05, 4.69) is 36.4 Å². The van der Waals surface area contributed by atoms with E-state index < -0.39 is 18.8 Å². The predicted octanol–water partition coefficient (Wildman–Crippen LogP) is 3.24. The lowest BCUT2D eigenvalue weighted by molar-refractivity contribution is -0.0337. The van der Waals surface area contributed by atoms with Crippen molar-refractivity contribution in [2.75, 3.05) is 13.2 Å². The van der Waals surface area contributed by atoms with Crippen molar-refractivity contribution in [2.24, 2.45) is 0 Å². The molecule has 0 bridgehead atoms. The van der Waals surface area contributed by atoms with Crippen molar-refractivity contribution in [1.82, 2.24) is 0 Å². The first-order valence-corrected chi connectivity index (χ1v) is 8.61. The molecule has 0 unspecified atom stereocenters. The normalized spacial score (nSPS) is 14.0. The number of aliphatic hydroxyl groups excluding tert-OH is 3. The number of fused-ring (bicyclic) bond motifs is 4. The van der Waals surface area contributed by atoms with Crippen LogP contribution in [0.15, 0.2) is 66.7 Å². The molecule has 0 fully saturated rings. The summed E-state index contributed by atoms with van der Waals surface area (Å²) >= 11 is 0. The first-order chi connectivity index (χ1) is 12.7. The van der Waals surface area contributed by atoms with Crippen molar-refractivity contribution in [3.63, 3.8) is 0 Å². The van der Waals surface area contributed by atoms with Gasteiger partial charge in [0.15, 0.2) is 0 Å². The predicted molar refractivity (Wildman–Crippen MR) is 104 cm³/mol. The Labute approximate surface area is 150 Å². The van der Waals surface area contributed by atoms with E-state index in [4.69, 9.17) is 9.84 Å². The maximum Gasteiger partial charge on any atom is 0.127 e. The summed E-state index contributed by atoms with van der Waals surface area (Å²) in [7, 11) is 0. The summed E-state index contributed by atoms with van der Waals surface area (Å²) in [4.78, 5) is 0. The highest BCUT2D eigenvalue weighted by Gasteiger charge is 2.17. The Hall–Kier alpha value is -2.66. The molecule has 0 aliphatic rings. The van der Waals surface area contributed by atoms with Gasteiger partial charge in [0.1, 0.15) is 24.6 Å². The third-order valence-electron chi connectivity index (χ3n) is 4.73. The molecule has 2 atom stereocenters. The lowest BCUT2D eigenvalue weighted by Gasteiger charge is -2.18. The van der Waals surface area contributed by atoms with Gasteiger partial charge >= 0.3 is 0 Å². The van der Waals surface area contributed by atoms with Crippen LogP contribution in [0.5, 0.6) is 5.75 Å². The largest absolute Gasteiger partial charge is 0.490 e. The first-order valence-electron chi connectivity index (χ1n) is 8.61. The highest BCUT2D eigenvalue weighted by Crippen LogP contribution is 2.35. The lowest BCUT2D eigenvalue weighted by atomic mass is 9.98. The second-order valence-corrected chi connectivity index (χ2v) is 6.47. The van der Waals surface area contributed by atoms with E-state index in [9.17, 15) is 10.2 Å². The molecular weight excluding hydrogens is 328 g/mol. The molecule has 0 aromatic heterocycles. The quantitative estimate of drug-likeness (QED) is 0.382. The maximum atomic E-state index is 9.87. The van der Waals surface area contributed by atoms with Crippen LogP contribution >= 0.6 is 0 Å². The second-order valence-electron chi connectivity index (χ2n) is 6.47. The molecule has 0 heterocycles. The second kappa shape index (κ2) is 6.92. The molecule has 0 aliphatic heterocycles. The van der Waals surface area contributed by atoms with Crippen LogP contribution in [0.4, 0.5) is 0 Å². The van der Waals surface area contributed by atoms with E-state index in [1.165, 1.54) is 5.39 Å². The standard InChI is InChI=1S/C22H20O4/c23-12-19(24)20(25)13-26-21-7-3-6-14-8-9-17-10-15-4-1-2-5-16(15)11-18(17)22(14)21/h1-11,19-20,23-25H,12-13H2/t19-,20-/m1/s1. The van der Waals surface area contributed by atoms with Gasteiger partial charge in [-0.3, -0.25) is 0 Å². The zero-order valence-electron chi connectivity index (χ0n) is 14.2. The van der Waals surface area contributed by atoms with E-state index in [0.717, 1.165) is 26.9 Å². The molecule has 4 aromatic carbocycles. The molecule has 4 aromatic rings. The molecule has 0 amide bonds. The number of hydrogen-bond acceptors (Lipinski definition) is 4. The van der Waals surface area contributed by atoms with Gasteiger partial charge in [0.05, 0.1) is 6.61 Å². The zero-order chi connectivity index (χ0) is 18.1. The monoisotopic (exact) mass is 348 g/mol. The summed E-state index contributed by atoms with van der Waals surface area (Å²) in [6, 6.07) is 22.5. The molecule has 0 saturated heterocycles. The Morgan fingerprint density at radius 1 is 0.731 bits per heavy atom. The summed E-state index contributed by atoms with van der Waals surface area (Å²) < 4.78 is 5.80. The van der Waals surface area contributed by atoms with Crippen LogP contribution in [-0.2, 0) is 0 Å². The maximum absolute atomic E-state index is 9.87. The van der Waals surface area contributed by atoms with Gasteiger partial charge in [-0.15, -0.1) is 0 Å². The SMILES string of the molecule is OC[C@@H](O)[C@H](O)COc1cccc2ccc3cc4ccccc4cc3c12. The summed E-state index contributed by atoms with van der Waals surface area (Å²) in [6.07, 6.45) is -2.36. The van der Waals surface area contributed by atoms with Crippen LogP contribution in [0, 0.1) is 0 Å². The highest BCUT2D eigenvalue weighted by molar-refractivity contribution is 6.14. The molecule has 4 nitrogen and oxygen atoms in total. The molecule has 4 rings (SSSR count). The van der Waals surface area contributed by atoms with Gasteiger partial charge in [0.25, 0.3) is 0 Å². The Morgan fingerprint density at radius 3 is 2.19 bits per heavy atom. The Morgan fingerprint density at radius 2 is 1.42 bits per heavy atom. The third kappa shape index (κ3) is 2.99. The molecule has 3 N–H and O–H groups in total. The van der Waals surface area contributed by atoms with Crippen molar-refractivity contribution in [3.05, 3.63) is 66.7 Å². The molecule has 132 valence electrons. The molecule has 0 saturated carbocycles. The zero-order valence-corrected chi connectivity index (χ0v) is 14.2. The van der Waals surface area contributed by atoms with Crippen molar-refractivity contribution in [1.29, 1.82) is 0 Å². The van der Waals surface area contributed by atoms with Crippen LogP contribution < -0.4 is 4.74 Å². The van der Waals surface area contributed by atoms with Crippen LogP contribution in [0.25, 0.3) is 32.3 Å². The summed E-state index contributed by atoms with van der Waals surface area (Å²) in [5, 5.41) is 34.9. The van der Waals surface area contributed by atoms with Gasteiger partial charge in [-0.2, -0.15) is 0 Å². The van der Waals surface area contributed by atoms with E-state index in [0.29, 0.717) is 5.75 Å². The molecule has 4 heteroatoms. The summed E-state index contributed by atoms with van der Waals surface area (Å²) in [5.74, 6) is 0.646. The van der Waals surface area contributed by atoms with Crippen LogP contribution in [0.2, 0.25) is 0 Å². The fraction of sp³-hybridized carbons (Fsp3) is 0.182. The number of ether oxygens (including phenoxy) is 1. The smallest absolute Gasteiger partial charge is 0.127 e. The topological polar surface area (TPSA) is 69.9 Å². The average Bonchev–Trinajstić information content (AvgIpc) is 2.69. The summed E-state index contributed by atoms with van der Waals surface area (Å²) in [6.45, 7) is -0.597. The van der Waals surface area contributed by atoms with Crippen molar-refractivity contribution in [2.45, 2.75) is 12.2 Å². The van der Waals surface area contributed by atoms with E-state index in [1.807, 2.05) is 30.3 Å². The van der Waals surface area contributed by atoms with Gasteiger partial charge in [-0.05, 0) is 45.1 Å². The number of hydrogen-bond donors (Lipinski definition) is 3. The van der Waals surface area contributed by atoms with Gasteiger partial charge in [-0.25, -0.2) is 0 Å². The van der Waals surface area contributed by atoms with Crippen LogP contribution in [-0.4, -0.2) is 40.7 Å². The number of rotatable bonds is 5. The number of aliphatic hydroxyl groups is 3. The lowest BCUT2D eigenvalue weighted by Crippen LogP contribution is -2.34. The molecular formula is C22H20O4. The molecule has 0 radical (unpaired) electrons. The van der Waals surface area contributed by atoms with E-state index in [1.54, 1.807) is 0 Å². The Kier molecular flexibility index (Phi) is 4.47. The number of benzene rings is 4. The van der Waals surface area contributed by atoms with Crippen LogP contribution in [0.1, 0.15) is 0 Å². The Balaban J connectivity index is 1.84. The average molecular weight is 348 g/mol. The fourth-order valence-corrected chi connectivity index (χ4v) is 3.30. The van der Waals surface area contributed by atoms with Gasteiger partial charge in [0, 0.05) is 5.39 Å². The van der Waals surface area contributed by atoms with Gasteiger partial charge < -0.3 is 20.1 Å². The van der Waals surface area contributed by atoms with E-state index >= 15 is 0 Å².